The first-order valence-electron chi connectivity index (χ1n) is 12.0. The number of nitrogens with zero attached hydrogens (tertiary/aromatic N) is 4. The Morgan fingerprint density at radius 2 is 2.08 bits per heavy atom. The van der Waals surface area contributed by atoms with Gasteiger partial charge in [-0.1, -0.05) is 0 Å². The summed E-state index contributed by atoms with van der Waals surface area (Å²) in [4.78, 5) is 24.3. The predicted molar refractivity (Wildman–Crippen MR) is 145 cm³/mol. The zero-order valence-electron chi connectivity index (χ0n) is 21.1. The van der Waals surface area contributed by atoms with Crippen molar-refractivity contribution < 1.29 is 22.7 Å². The number of anilines is 1. The third-order valence-corrected chi connectivity index (χ3v) is 7.80. The van der Waals surface area contributed by atoms with E-state index in [2.05, 4.69) is 30.4 Å². The van der Waals surface area contributed by atoms with Crippen molar-refractivity contribution in [2.75, 3.05) is 45.0 Å². The SMILES string of the molecule is COc1ncc(-c2cc(NC(=O)c3csc(CN4CCCOCC4)n3)c3cn[nH]c3c2)cc1CS(C)(=O)=O. The van der Waals surface area contributed by atoms with Crippen molar-refractivity contribution in [3.63, 3.8) is 0 Å². The number of methoxy groups -OCH3 is 1. The number of sulfone groups is 1. The van der Waals surface area contributed by atoms with Crippen LogP contribution in [-0.4, -0.2) is 79.1 Å². The fraction of sp³-hybridized carbons (Fsp3) is 0.360. The number of fused-ring (bicyclic) bond motifs is 1. The maximum Gasteiger partial charge on any atom is 0.275 e. The van der Waals surface area contributed by atoms with Gasteiger partial charge in [-0.15, -0.1) is 11.3 Å². The van der Waals surface area contributed by atoms with Crippen molar-refractivity contribution in [1.29, 1.82) is 0 Å². The number of rotatable bonds is 8. The van der Waals surface area contributed by atoms with Gasteiger partial charge in [0.1, 0.15) is 10.7 Å². The molecular formula is C25H28N6O5S2. The highest BCUT2D eigenvalue weighted by Gasteiger charge is 2.18. The van der Waals surface area contributed by atoms with Gasteiger partial charge < -0.3 is 14.8 Å². The molecule has 0 unspecified atom stereocenters. The van der Waals surface area contributed by atoms with Crippen LogP contribution in [0.5, 0.6) is 5.88 Å². The van der Waals surface area contributed by atoms with Crippen LogP contribution in [0.4, 0.5) is 5.69 Å². The summed E-state index contributed by atoms with van der Waals surface area (Å²) in [6.45, 7) is 3.95. The number of benzene rings is 1. The van der Waals surface area contributed by atoms with Gasteiger partial charge in [-0.05, 0) is 30.2 Å². The summed E-state index contributed by atoms with van der Waals surface area (Å²) >= 11 is 1.46. The maximum absolute atomic E-state index is 13.2. The Hall–Kier alpha value is -3.39. The third-order valence-electron chi connectivity index (χ3n) is 6.13. The fourth-order valence-corrected chi connectivity index (χ4v) is 5.96. The van der Waals surface area contributed by atoms with Gasteiger partial charge in [0.25, 0.3) is 5.91 Å². The van der Waals surface area contributed by atoms with E-state index in [1.165, 1.54) is 18.4 Å². The standard InChI is InChI=1S/C25H28N6O5S2/c1-35-25-18(15-38(2,33)34)8-17(11-26-25)16-9-20(19-12-27-30-21(19)10-16)29-24(32)22-14-37-23(28-22)13-31-4-3-6-36-7-5-31/h8-12,14H,3-7,13,15H2,1-2H3,(H,27,30)(H,29,32). The first kappa shape index (κ1) is 26.2. The van der Waals surface area contributed by atoms with Crippen molar-refractivity contribution in [1.82, 2.24) is 25.1 Å². The molecule has 4 heterocycles. The van der Waals surface area contributed by atoms with E-state index in [-0.39, 0.29) is 17.5 Å². The van der Waals surface area contributed by atoms with Gasteiger partial charge in [0.05, 0.1) is 43.4 Å². The van der Waals surface area contributed by atoms with E-state index >= 15 is 0 Å². The van der Waals surface area contributed by atoms with E-state index in [4.69, 9.17) is 9.47 Å². The van der Waals surface area contributed by atoms with Gasteiger partial charge in [0.15, 0.2) is 9.84 Å². The van der Waals surface area contributed by atoms with E-state index in [9.17, 15) is 13.2 Å². The number of hydrogen-bond donors (Lipinski definition) is 2. The predicted octanol–water partition coefficient (Wildman–Crippen LogP) is 3.11. The van der Waals surface area contributed by atoms with Crippen molar-refractivity contribution >= 4 is 43.7 Å². The molecule has 13 heteroatoms. The molecule has 1 aromatic carbocycles. The molecule has 38 heavy (non-hydrogen) atoms. The number of aromatic nitrogens is 4. The first-order chi connectivity index (χ1) is 18.3. The number of carbonyl (C=O) groups is 1. The number of amides is 1. The summed E-state index contributed by atoms with van der Waals surface area (Å²) in [6.07, 6.45) is 5.39. The summed E-state index contributed by atoms with van der Waals surface area (Å²) in [5.41, 5.74) is 3.46. The lowest BCUT2D eigenvalue weighted by Gasteiger charge is -2.16. The molecule has 1 fully saturated rings. The number of pyridine rings is 1. The Labute approximate surface area is 224 Å². The third kappa shape index (κ3) is 6.18. The highest BCUT2D eigenvalue weighted by atomic mass is 32.2. The largest absolute Gasteiger partial charge is 0.481 e. The second-order valence-corrected chi connectivity index (χ2v) is 12.2. The molecule has 11 nitrogen and oxygen atoms in total. The molecule has 1 aliphatic rings. The van der Waals surface area contributed by atoms with Crippen LogP contribution in [0, 0.1) is 0 Å². The highest BCUT2D eigenvalue weighted by Crippen LogP contribution is 2.32. The highest BCUT2D eigenvalue weighted by molar-refractivity contribution is 7.89. The lowest BCUT2D eigenvalue weighted by atomic mass is 10.0. The van der Waals surface area contributed by atoms with Crippen LogP contribution < -0.4 is 10.1 Å². The van der Waals surface area contributed by atoms with Gasteiger partial charge in [-0.2, -0.15) is 5.10 Å². The Morgan fingerprint density at radius 3 is 2.89 bits per heavy atom. The molecule has 5 rings (SSSR count). The average Bonchev–Trinajstić information content (AvgIpc) is 3.47. The lowest BCUT2D eigenvalue weighted by Crippen LogP contribution is -2.25. The molecule has 0 saturated carbocycles. The van der Waals surface area contributed by atoms with E-state index in [0.29, 0.717) is 41.2 Å². The van der Waals surface area contributed by atoms with E-state index < -0.39 is 9.84 Å². The minimum atomic E-state index is -3.31. The van der Waals surface area contributed by atoms with Crippen molar-refractivity contribution in [2.45, 2.75) is 18.7 Å². The van der Waals surface area contributed by atoms with Crippen LogP contribution in [-0.2, 0) is 26.9 Å². The molecule has 1 saturated heterocycles. The number of thiazole rings is 1. The van der Waals surface area contributed by atoms with Crippen molar-refractivity contribution in [3.8, 4) is 17.0 Å². The molecule has 1 aliphatic heterocycles. The Bertz CT molecular complexity index is 1560. The Balaban J connectivity index is 1.40. The summed E-state index contributed by atoms with van der Waals surface area (Å²) in [5.74, 6) is -0.275. The molecule has 0 bridgehead atoms. The van der Waals surface area contributed by atoms with Gasteiger partial charge >= 0.3 is 0 Å². The molecule has 0 aliphatic carbocycles. The van der Waals surface area contributed by atoms with Crippen LogP contribution in [0.1, 0.15) is 27.5 Å². The fourth-order valence-electron chi connectivity index (χ4n) is 4.37. The molecule has 3 aromatic heterocycles. The van der Waals surface area contributed by atoms with Gasteiger partial charge in [0.2, 0.25) is 5.88 Å². The van der Waals surface area contributed by atoms with Crippen molar-refractivity contribution in [3.05, 3.63) is 52.2 Å². The number of nitrogens with one attached hydrogen (secondary N) is 2. The summed E-state index contributed by atoms with van der Waals surface area (Å²) in [7, 11) is -1.86. The number of aromatic amines is 1. The van der Waals surface area contributed by atoms with E-state index in [1.807, 2.05) is 12.1 Å². The van der Waals surface area contributed by atoms with E-state index in [1.54, 1.807) is 23.8 Å². The minimum Gasteiger partial charge on any atom is -0.481 e. The first-order valence-corrected chi connectivity index (χ1v) is 15.0. The Morgan fingerprint density at radius 1 is 1.21 bits per heavy atom. The quantitative estimate of drug-likeness (QED) is 0.335. The van der Waals surface area contributed by atoms with Gasteiger partial charge in [-0.25, -0.2) is 18.4 Å². The number of ether oxygens (including phenoxy) is 2. The van der Waals surface area contributed by atoms with Crippen LogP contribution in [0.2, 0.25) is 0 Å². The monoisotopic (exact) mass is 556 g/mol. The molecule has 0 atom stereocenters. The van der Waals surface area contributed by atoms with E-state index in [0.717, 1.165) is 48.3 Å². The minimum absolute atomic E-state index is 0.205. The second kappa shape index (κ2) is 11.2. The second-order valence-electron chi connectivity index (χ2n) is 9.14. The maximum atomic E-state index is 13.2. The number of carbonyl (C=O) groups excluding carboxylic acids is 1. The number of H-pyrrole nitrogens is 1. The molecule has 1 amide bonds. The zero-order valence-corrected chi connectivity index (χ0v) is 22.7. The molecule has 0 radical (unpaired) electrons. The number of hydrogen-bond acceptors (Lipinski definition) is 10. The lowest BCUT2D eigenvalue weighted by molar-refractivity contribution is 0.102. The van der Waals surface area contributed by atoms with Crippen LogP contribution in [0.3, 0.4) is 0 Å². The van der Waals surface area contributed by atoms with Crippen LogP contribution in [0.25, 0.3) is 22.0 Å². The molecular weight excluding hydrogens is 528 g/mol. The molecule has 2 N–H and O–H groups in total. The molecule has 0 spiro atoms. The van der Waals surface area contributed by atoms with Crippen LogP contribution >= 0.6 is 11.3 Å². The normalized spacial score (nSPS) is 14.9. The Kier molecular flexibility index (Phi) is 7.70. The van der Waals surface area contributed by atoms with Gasteiger partial charge in [-0.3, -0.25) is 14.8 Å². The molecule has 4 aromatic rings. The smallest absolute Gasteiger partial charge is 0.275 e. The average molecular weight is 557 g/mol. The summed E-state index contributed by atoms with van der Waals surface area (Å²) in [5, 5.41) is 13.4. The zero-order chi connectivity index (χ0) is 26.7. The summed E-state index contributed by atoms with van der Waals surface area (Å²) in [6, 6.07) is 5.42. The topological polar surface area (TPSA) is 139 Å². The summed E-state index contributed by atoms with van der Waals surface area (Å²) < 4.78 is 34.6. The van der Waals surface area contributed by atoms with Gasteiger partial charge in [0, 0.05) is 54.0 Å². The van der Waals surface area contributed by atoms with Crippen LogP contribution in [0.15, 0.2) is 36.0 Å². The molecule has 200 valence electrons. The van der Waals surface area contributed by atoms with Crippen molar-refractivity contribution in [2.24, 2.45) is 0 Å².